The molecule has 0 unspecified atom stereocenters. The van der Waals surface area contributed by atoms with Gasteiger partial charge in [0, 0.05) is 28.9 Å². The fourth-order valence-corrected chi connectivity index (χ4v) is 2.32. The van der Waals surface area contributed by atoms with Crippen molar-refractivity contribution in [3.8, 4) is 11.5 Å². The highest BCUT2D eigenvalue weighted by Gasteiger charge is 2.10. The van der Waals surface area contributed by atoms with Gasteiger partial charge in [0.2, 0.25) is 0 Å². The minimum atomic E-state index is -1.15. The number of aromatic carboxylic acids is 1. The van der Waals surface area contributed by atoms with Crippen LogP contribution in [0.5, 0.6) is 11.5 Å². The van der Waals surface area contributed by atoms with E-state index in [0.29, 0.717) is 16.3 Å². The first kappa shape index (κ1) is 15.3. The monoisotopic (exact) mass is 327 g/mol. The molecule has 2 rings (SSSR count). The number of hydrogen-bond acceptors (Lipinski definition) is 4. The standard InChI is InChI=1S/C14H11Cl2NO4/c15-9-1-8(13(19)12(16)4-9)6-17-10-2-7(14(20)21)3-11(18)5-10/h1-5,17-19H,6H2,(H,20,21). The Morgan fingerprint density at radius 2 is 1.81 bits per heavy atom. The lowest BCUT2D eigenvalue weighted by molar-refractivity contribution is 0.0696. The van der Waals surface area contributed by atoms with Gasteiger partial charge in [0.1, 0.15) is 11.5 Å². The number of rotatable bonds is 4. The first-order valence-corrected chi connectivity index (χ1v) is 6.60. The van der Waals surface area contributed by atoms with E-state index in [4.69, 9.17) is 28.3 Å². The summed E-state index contributed by atoms with van der Waals surface area (Å²) in [6.07, 6.45) is 0. The van der Waals surface area contributed by atoms with E-state index in [0.717, 1.165) is 6.07 Å². The van der Waals surface area contributed by atoms with Crippen LogP contribution in [0.4, 0.5) is 5.69 Å². The molecule has 7 heteroatoms. The number of nitrogens with one attached hydrogen (secondary N) is 1. The van der Waals surface area contributed by atoms with Crippen LogP contribution in [0.1, 0.15) is 15.9 Å². The molecule has 0 radical (unpaired) electrons. The summed E-state index contributed by atoms with van der Waals surface area (Å²) < 4.78 is 0. The summed E-state index contributed by atoms with van der Waals surface area (Å²) in [5, 5.41) is 31.6. The minimum Gasteiger partial charge on any atom is -0.508 e. The van der Waals surface area contributed by atoms with Crippen molar-refractivity contribution in [2.75, 3.05) is 5.32 Å². The molecule has 2 aromatic carbocycles. The van der Waals surface area contributed by atoms with Gasteiger partial charge in [0.05, 0.1) is 10.6 Å². The number of carboxylic acid groups (broad SMARTS) is 1. The summed E-state index contributed by atoms with van der Waals surface area (Å²) in [5.41, 5.74) is 0.793. The third-order valence-electron chi connectivity index (χ3n) is 2.75. The number of phenols is 2. The zero-order valence-corrected chi connectivity index (χ0v) is 12.1. The second kappa shape index (κ2) is 6.11. The average Bonchev–Trinajstić information content (AvgIpc) is 2.40. The Hall–Kier alpha value is -2.11. The fourth-order valence-electron chi connectivity index (χ4n) is 1.79. The van der Waals surface area contributed by atoms with Gasteiger partial charge in [-0.25, -0.2) is 4.79 Å². The SMILES string of the molecule is O=C(O)c1cc(O)cc(NCc2cc(Cl)cc(Cl)c2O)c1. The van der Waals surface area contributed by atoms with Crippen LogP contribution in [0.15, 0.2) is 30.3 Å². The van der Waals surface area contributed by atoms with Crippen molar-refractivity contribution in [3.63, 3.8) is 0 Å². The number of benzene rings is 2. The van der Waals surface area contributed by atoms with E-state index in [9.17, 15) is 15.0 Å². The van der Waals surface area contributed by atoms with Gasteiger partial charge < -0.3 is 20.6 Å². The largest absolute Gasteiger partial charge is 0.508 e. The third-order valence-corrected chi connectivity index (χ3v) is 3.26. The number of aromatic hydroxyl groups is 2. The Kier molecular flexibility index (Phi) is 4.45. The molecule has 0 aliphatic carbocycles. The molecule has 0 saturated heterocycles. The van der Waals surface area contributed by atoms with Crippen molar-refractivity contribution < 1.29 is 20.1 Å². The van der Waals surface area contributed by atoms with E-state index in [-0.39, 0.29) is 28.6 Å². The highest BCUT2D eigenvalue weighted by Crippen LogP contribution is 2.31. The molecule has 110 valence electrons. The van der Waals surface area contributed by atoms with Crippen LogP contribution in [-0.2, 0) is 6.54 Å². The Labute approximate surface area is 130 Å². The molecule has 5 nitrogen and oxygen atoms in total. The molecular formula is C14H11Cl2NO4. The lowest BCUT2D eigenvalue weighted by Crippen LogP contribution is -2.02. The smallest absolute Gasteiger partial charge is 0.335 e. The predicted octanol–water partition coefficient (Wildman–Crippen LogP) is 3.71. The van der Waals surface area contributed by atoms with Crippen molar-refractivity contribution in [3.05, 3.63) is 51.5 Å². The first-order valence-electron chi connectivity index (χ1n) is 5.85. The summed E-state index contributed by atoms with van der Waals surface area (Å²) in [6, 6.07) is 6.83. The van der Waals surface area contributed by atoms with Crippen molar-refractivity contribution in [2.45, 2.75) is 6.54 Å². The molecule has 0 aliphatic heterocycles. The normalized spacial score (nSPS) is 10.4. The molecular weight excluding hydrogens is 317 g/mol. The fraction of sp³-hybridized carbons (Fsp3) is 0.0714. The third kappa shape index (κ3) is 3.71. The molecule has 2 aromatic rings. The second-order valence-corrected chi connectivity index (χ2v) is 5.17. The zero-order valence-electron chi connectivity index (χ0n) is 10.6. The van der Waals surface area contributed by atoms with Gasteiger partial charge in [-0.1, -0.05) is 23.2 Å². The molecule has 0 heterocycles. The molecule has 0 aliphatic rings. The van der Waals surface area contributed by atoms with Gasteiger partial charge in [0.25, 0.3) is 0 Å². The lowest BCUT2D eigenvalue weighted by Gasteiger charge is -2.11. The van der Waals surface area contributed by atoms with E-state index < -0.39 is 5.97 Å². The van der Waals surface area contributed by atoms with E-state index >= 15 is 0 Å². The summed E-state index contributed by atoms with van der Waals surface area (Å²) >= 11 is 11.7. The molecule has 21 heavy (non-hydrogen) atoms. The van der Waals surface area contributed by atoms with Gasteiger partial charge in [-0.15, -0.1) is 0 Å². The molecule has 4 N–H and O–H groups in total. The van der Waals surface area contributed by atoms with E-state index in [1.54, 1.807) is 0 Å². The van der Waals surface area contributed by atoms with Crippen LogP contribution in [0.3, 0.4) is 0 Å². The van der Waals surface area contributed by atoms with Crippen molar-refractivity contribution >= 4 is 34.9 Å². The summed E-state index contributed by atoms with van der Waals surface area (Å²) in [6.45, 7) is 0.161. The van der Waals surface area contributed by atoms with Crippen molar-refractivity contribution in [1.82, 2.24) is 0 Å². The number of phenolic OH excluding ortho intramolecular Hbond substituents is 2. The zero-order chi connectivity index (χ0) is 15.6. The number of carboxylic acids is 1. The molecule has 0 bridgehead atoms. The second-order valence-electron chi connectivity index (χ2n) is 4.32. The number of hydrogen-bond donors (Lipinski definition) is 4. The van der Waals surface area contributed by atoms with Gasteiger partial charge in [-0.05, 0) is 24.3 Å². The molecule has 0 aromatic heterocycles. The minimum absolute atomic E-state index is 0.0501. The predicted molar refractivity (Wildman–Crippen MR) is 80.5 cm³/mol. The lowest BCUT2D eigenvalue weighted by atomic mass is 10.1. The number of carbonyl (C=O) groups is 1. The summed E-state index contributed by atoms with van der Waals surface area (Å²) in [5.74, 6) is -1.43. The number of halogens is 2. The molecule has 0 fully saturated rings. The maximum absolute atomic E-state index is 10.9. The van der Waals surface area contributed by atoms with Crippen LogP contribution < -0.4 is 5.32 Å². The maximum Gasteiger partial charge on any atom is 0.335 e. The maximum atomic E-state index is 10.9. The van der Waals surface area contributed by atoms with Crippen LogP contribution in [0.2, 0.25) is 10.0 Å². The van der Waals surface area contributed by atoms with Crippen LogP contribution in [-0.4, -0.2) is 21.3 Å². The quantitative estimate of drug-likeness (QED) is 0.687. The topological polar surface area (TPSA) is 89.8 Å². The van der Waals surface area contributed by atoms with Crippen molar-refractivity contribution in [1.29, 1.82) is 0 Å². The van der Waals surface area contributed by atoms with E-state index in [1.165, 1.54) is 24.3 Å². The van der Waals surface area contributed by atoms with Crippen LogP contribution in [0, 0.1) is 0 Å². The summed E-state index contributed by atoms with van der Waals surface area (Å²) in [4.78, 5) is 10.9. The van der Waals surface area contributed by atoms with Gasteiger partial charge in [-0.3, -0.25) is 0 Å². The average molecular weight is 328 g/mol. The highest BCUT2D eigenvalue weighted by atomic mass is 35.5. The molecule has 0 atom stereocenters. The molecule has 0 spiro atoms. The van der Waals surface area contributed by atoms with Gasteiger partial charge in [0.15, 0.2) is 0 Å². The van der Waals surface area contributed by atoms with Gasteiger partial charge >= 0.3 is 5.97 Å². The van der Waals surface area contributed by atoms with E-state index in [2.05, 4.69) is 5.32 Å². The van der Waals surface area contributed by atoms with E-state index in [1.807, 2.05) is 0 Å². The Bertz CT molecular complexity index is 704. The first-order chi connectivity index (χ1) is 9.86. The number of anilines is 1. The highest BCUT2D eigenvalue weighted by molar-refractivity contribution is 6.35. The van der Waals surface area contributed by atoms with Crippen LogP contribution >= 0.6 is 23.2 Å². The Balaban J connectivity index is 2.22. The summed E-state index contributed by atoms with van der Waals surface area (Å²) in [7, 11) is 0. The molecule has 0 saturated carbocycles. The Morgan fingerprint density at radius 3 is 2.48 bits per heavy atom. The van der Waals surface area contributed by atoms with Crippen molar-refractivity contribution in [2.24, 2.45) is 0 Å². The molecule has 0 amide bonds. The van der Waals surface area contributed by atoms with Crippen LogP contribution in [0.25, 0.3) is 0 Å². The Morgan fingerprint density at radius 1 is 1.10 bits per heavy atom. The van der Waals surface area contributed by atoms with Gasteiger partial charge in [-0.2, -0.15) is 0 Å².